The summed E-state index contributed by atoms with van der Waals surface area (Å²) in [6, 6.07) is 5.95. The molecular formula is C25H31ClN8OS2. The van der Waals surface area contributed by atoms with E-state index in [1.165, 1.54) is 23.0 Å². The van der Waals surface area contributed by atoms with Gasteiger partial charge < -0.3 is 16.4 Å². The molecule has 2 atom stereocenters. The Hall–Kier alpha value is -2.47. The van der Waals surface area contributed by atoms with Crippen LogP contribution in [0.2, 0.25) is 5.02 Å². The molecule has 37 heavy (non-hydrogen) atoms. The van der Waals surface area contributed by atoms with Crippen LogP contribution in [0.1, 0.15) is 44.4 Å². The van der Waals surface area contributed by atoms with Gasteiger partial charge in [0.25, 0.3) is 0 Å². The van der Waals surface area contributed by atoms with Crippen molar-refractivity contribution in [3.05, 3.63) is 53.1 Å². The molecule has 1 unspecified atom stereocenters. The average molecular weight is 559 g/mol. The molecule has 1 aliphatic carbocycles. The van der Waals surface area contributed by atoms with E-state index < -0.39 is 15.7 Å². The third-order valence-corrected chi connectivity index (χ3v) is 10.5. The summed E-state index contributed by atoms with van der Waals surface area (Å²) in [6.07, 6.45) is 8.79. The zero-order valence-electron chi connectivity index (χ0n) is 20.9. The van der Waals surface area contributed by atoms with Crippen molar-refractivity contribution >= 4 is 51.8 Å². The highest BCUT2D eigenvalue weighted by atomic mass is 35.5. The first kappa shape index (κ1) is 26.1. The van der Waals surface area contributed by atoms with Crippen LogP contribution < -0.4 is 21.5 Å². The third kappa shape index (κ3) is 4.89. The first-order valence-electron chi connectivity index (χ1n) is 12.2. The van der Waals surface area contributed by atoms with Gasteiger partial charge in [0.2, 0.25) is 0 Å². The minimum Gasteiger partial charge on any atom is -0.382 e. The number of pyridine rings is 2. The Morgan fingerprint density at radius 2 is 1.92 bits per heavy atom. The second kappa shape index (κ2) is 10.0. The number of hydrogen-bond donors (Lipinski definition) is 3. The molecule has 0 saturated carbocycles. The second-order valence-electron chi connectivity index (χ2n) is 10.3. The quantitative estimate of drug-likeness (QED) is 0.411. The summed E-state index contributed by atoms with van der Waals surface area (Å²) < 4.78 is 11.8. The number of aromatic nitrogens is 4. The van der Waals surface area contributed by atoms with Gasteiger partial charge in [0, 0.05) is 35.8 Å². The van der Waals surface area contributed by atoms with E-state index in [1.807, 2.05) is 26.1 Å². The van der Waals surface area contributed by atoms with Gasteiger partial charge in [-0.1, -0.05) is 29.4 Å². The number of nitrogens with zero attached hydrogens (tertiary/aromatic N) is 5. The lowest BCUT2D eigenvalue weighted by molar-refractivity contribution is 0.206. The summed E-state index contributed by atoms with van der Waals surface area (Å²) in [7, 11) is -1.40. The maximum atomic E-state index is 12.3. The number of halogens is 1. The van der Waals surface area contributed by atoms with Crippen LogP contribution in [-0.2, 0) is 22.8 Å². The summed E-state index contributed by atoms with van der Waals surface area (Å²) in [5, 5.41) is 6.80. The fourth-order valence-corrected chi connectivity index (χ4v) is 7.05. The molecular weight excluding hydrogens is 528 g/mol. The Morgan fingerprint density at radius 1 is 1.16 bits per heavy atom. The van der Waals surface area contributed by atoms with Crippen LogP contribution in [0.3, 0.4) is 0 Å². The normalized spacial score (nSPS) is 19.7. The van der Waals surface area contributed by atoms with Crippen molar-refractivity contribution in [2.24, 2.45) is 11.1 Å². The lowest BCUT2D eigenvalue weighted by Crippen LogP contribution is -2.48. The van der Waals surface area contributed by atoms with Crippen LogP contribution in [0.25, 0.3) is 0 Å². The van der Waals surface area contributed by atoms with E-state index in [0.717, 1.165) is 49.5 Å². The molecule has 2 aliphatic rings. The Morgan fingerprint density at radius 3 is 2.62 bits per heavy atom. The van der Waals surface area contributed by atoms with Crippen LogP contribution >= 0.6 is 23.4 Å². The van der Waals surface area contributed by atoms with Gasteiger partial charge in [0.15, 0.2) is 5.82 Å². The monoisotopic (exact) mass is 558 g/mol. The zero-order valence-corrected chi connectivity index (χ0v) is 23.2. The molecule has 1 saturated heterocycles. The molecule has 4 heterocycles. The van der Waals surface area contributed by atoms with Crippen molar-refractivity contribution in [1.29, 1.82) is 0 Å². The van der Waals surface area contributed by atoms with E-state index in [1.54, 1.807) is 18.5 Å². The summed E-state index contributed by atoms with van der Waals surface area (Å²) >= 11 is 7.59. The van der Waals surface area contributed by atoms with Gasteiger partial charge in [-0.25, -0.2) is 19.2 Å². The van der Waals surface area contributed by atoms with E-state index in [9.17, 15) is 4.21 Å². The van der Waals surface area contributed by atoms with Gasteiger partial charge in [0.05, 0.1) is 32.6 Å². The molecule has 0 bridgehead atoms. The predicted molar refractivity (Wildman–Crippen MR) is 150 cm³/mol. The van der Waals surface area contributed by atoms with Crippen LogP contribution in [0.5, 0.6) is 0 Å². The molecule has 1 fully saturated rings. The summed E-state index contributed by atoms with van der Waals surface area (Å²) in [4.78, 5) is 21.0. The minimum absolute atomic E-state index is 0.0729. The second-order valence-corrected chi connectivity index (χ2v) is 13.5. The summed E-state index contributed by atoms with van der Waals surface area (Å²) in [6.45, 7) is 5.58. The van der Waals surface area contributed by atoms with Gasteiger partial charge in [-0.15, -0.1) is 0 Å². The van der Waals surface area contributed by atoms with Crippen LogP contribution in [0.4, 0.5) is 17.5 Å². The number of rotatable bonds is 6. The molecule has 6 N–H and O–H groups in total. The lowest BCUT2D eigenvalue weighted by Gasteiger charge is -2.45. The van der Waals surface area contributed by atoms with Gasteiger partial charge in [-0.2, -0.15) is 0 Å². The topological polar surface area (TPSA) is 150 Å². The number of anilines is 3. The lowest BCUT2D eigenvalue weighted by atomic mass is 9.67. The Bertz CT molecular complexity index is 1350. The standard InChI is InChI=1S/C25H31ClN8OS2/c1-24(2,37(29)35)13-16-12-15-4-3-8-30-20(15)25(16)6-10-34(11-7-25)18-14-32-23(22(28)33-18)36-17-5-9-31-21(27)19(17)26/h3-5,8-9,14,16H,6-7,10-13,29H2,1-2H3,(H2,27,31)(H2,28,33)/t16-,37?/m1/s1. The van der Waals surface area contributed by atoms with Crippen LogP contribution in [0.15, 0.2) is 46.7 Å². The van der Waals surface area contributed by atoms with Crippen LogP contribution in [-0.4, -0.2) is 42.0 Å². The maximum absolute atomic E-state index is 12.3. The number of fused-ring (bicyclic) bond motifs is 2. The van der Waals surface area contributed by atoms with Crippen molar-refractivity contribution in [2.45, 2.75) is 59.6 Å². The highest BCUT2D eigenvalue weighted by molar-refractivity contribution is 7.99. The summed E-state index contributed by atoms with van der Waals surface area (Å²) in [5.41, 5.74) is 14.5. The molecule has 1 aliphatic heterocycles. The van der Waals surface area contributed by atoms with Gasteiger partial charge >= 0.3 is 0 Å². The molecule has 0 aromatic carbocycles. The Kier molecular flexibility index (Phi) is 7.08. The first-order chi connectivity index (χ1) is 17.6. The van der Waals surface area contributed by atoms with Crippen molar-refractivity contribution in [3.8, 4) is 0 Å². The SMILES string of the molecule is CC(C)(C[C@H]1Cc2cccnc2C12CCN(c1cnc(Sc3ccnc(N)c3Cl)c(N)n1)CC2)S(N)=O. The van der Waals surface area contributed by atoms with Crippen molar-refractivity contribution < 1.29 is 4.21 Å². The van der Waals surface area contributed by atoms with E-state index in [4.69, 9.17) is 33.2 Å². The Balaban J connectivity index is 1.35. The van der Waals surface area contributed by atoms with E-state index in [-0.39, 0.29) is 11.2 Å². The molecule has 5 rings (SSSR count). The molecule has 3 aromatic heterocycles. The first-order valence-corrected chi connectivity index (χ1v) is 14.6. The molecule has 1 spiro atoms. The predicted octanol–water partition coefficient (Wildman–Crippen LogP) is 3.74. The maximum Gasteiger partial charge on any atom is 0.158 e. The number of nitrogens with two attached hydrogens (primary N) is 3. The zero-order chi connectivity index (χ0) is 26.4. The molecule has 12 heteroatoms. The fourth-order valence-electron chi connectivity index (χ4n) is 5.67. The van der Waals surface area contributed by atoms with E-state index in [2.05, 4.69) is 25.9 Å². The van der Waals surface area contributed by atoms with Gasteiger partial charge in [-0.3, -0.25) is 10.1 Å². The third-order valence-electron chi connectivity index (χ3n) is 7.71. The molecule has 0 amide bonds. The number of piperidine rings is 1. The highest BCUT2D eigenvalue weighted by Gasteiger charge is 2.51. The van der Waals surface area contributed by atoms with E-state index in [0.29, 0.717) is 21.8 Å². The summed E-state index contributed by atoms with van der Waals surface area (Å²) in [5.74, 6) is 1.68. The van der Waals surface area contributed by atoms with Crippen LogP contribution in [0, 0.1) is 5.92 Å². The van der Waals surface area contributed by atoms with Crippen molar-refractivity contribution in [3.63, 3.8) is 0 Å². The number of nitrogen functional groups attached to an aromatic ring is 2. The minimum atomic E-state index is -1.40. The molecule has 9 nitrogen and oxygen atoms in total. The molecule has 196 valence electrons. The van der Waals surface area contributed by atoms with Crippen molar-refractivity contribution in [2.75, 3.05) is 29.5 Å². The van der Waals surface area contributed by atoms with E-state index >= 15 is 0 Å². The largest absolute Gasteiger partial charge is 0.382 e. The van der Waals surface area contributed by atoms with Gasteiger partial charge in [0.1, 0.15) is 16.7 Å². The van der Waals surface area contributed by atoms with Crippen molar-refractivity contribution in [1.82, 2.24) is 19.9 Å². The number of hydrogen-bond acceptors (Lipinski definition) is 9. The smallest absolute Gasteiger partial charge is 0.158 e. The fraction of sp³-hybridized carbons (Fsp3) is 0.440. The molecule has 3 aromatic rings. The highest BCUT2D eigenvalue weighted by Crippen LogP contribution is 2.52. The van der Waals surface area contributed by atoms with Gasteiger partial charge in [-0.05, 0) is 63.1 Å². The Labute approximate surface area is 228 Å². The average Bonchev–Trinajstić information content (AvgIpc) is 3.15. The molecule has 0 radical (unpaired) electrons.